The highest BCUT2D eigenvalue weighted by molar-refractivity contribution is 5.75. The van der Waals surface area contributed by atoms with Crippen LogP contribution in [0.25, 0.3) is 5.69 Å². The fourth-order valence-corrected chi connectivity index (χ4v) is 2.91. The van der Waals surface area contributed by atoms with E-state index < -0.39 is 5.69 Å². The van der Waals surface area contributed by atoms with E-state index in [9.17, 15) is 9.59 Å². The van der Waals surface area contributed by atoms with Gasteiger partial charge in [-0.1, -0.05) is 30.3 Å². The average molecular weight is 381 g/mol. The van der Waals surface area contributed by atoms with Gasteiger partial charge in [-0.05, 0) is 34.7 Å². The molecule has 4 rings (SSSR count). The van der Waals surface area contributed by atoms with Crippen LogP contribution in [0.1, 0.15) is 0 Å². The molecule has 2 heterocycles. The number of nitrogens with zero attached hydrogens (tertiary/aromatic N) is 5. The smallest absolute Gasteiger partial charge is 0.368 e. The van der Waals surface area contributed by atoms with Crippen LogP contribution in [-0.4, -0.2) is 56.9 Å². The minimum absolute atomic E-state index is 0.202. The van der Waals surface area contributed by atoms with Gasteiger partial charge in [0.2, 0.25) is 5.91 Å². The first-order chi connectivity index (χ1) is 13.6. The van der Waals surface area contributed by atoms with Gasteiger partial charge in [0, 0.05) is 7.05 Å². The number of likely N-dealkylation sites (N-methyl/N-ethyl adjacent to an activating group) is 1. The second-order valence-corrected chi connectivity index (χ2v) is 6.44. The zero-order valence-corrected chi connectivity index (χ0v) is 15.3. The van der Waals surface area contributed by atoms with E-state index in [1.807, 2.05) is 30.3 Å². The molecule has 0 aliphatic carbocycles. The molecule has 3 aromatic rings. The molecule has 1 aliphatic rings. The molecule has 0 fully saturated rings. The standard InChI is InChI=1S/C19H19N5O4/c1-22(11-15-13-27-16-9-5-6-10-17(16)28-15)18(25)12-23-19(26)24(21-20-23)14-7-3-2-4-8-14/h2-10,15H,11-13H2,1H3/t15-/m1/s1. The van der Waals surface area contributed by atoms with E-state index in [0.717, 1.165) is 9.36 Å². The Hall–Kier alpha value is -3.62. The number of rotatable bonds is 5. The summed E-state index contributed by atoms with van der Waals surface area (Å²) in [7, 11) is 1.65. The normalized spacial score (nSPS) is 15.2. The molecular formula is C19H19N5O4. The van der Waals surface area contributed by atoms with Crippen molar-refractivity contribution in [3.8, 4) is 17.2 Å². The number of hydrogen-bond acceptors (Lipinski definition) is 6. The van der Waals surface area contributed by atoms with E-state index in [1.165, 1.54) is 4.90 Å². The van der Waals surface area contributed by atoms with Crippen molar-refractivity contribution in [1.29, 1.82) is 0 Å². The molecule has 0 unspecified atom stereocenters. The maximum absolute atomic E-state index is 12.5. The molecule has 0 N–H and O–H groups in total. The van der Waals surface area contributed by atoms with Crippen LogP contribution in [0.3, 0.4) is 0 Å². The zero-order chi connectivity index (χ0) is 19.5. The molecule has 28 heavy (non-hydrogen) atoms. The van der Waals surface area contributed by atoms with Crippen molar-refractivity contribution < 1.29 is 14.3 Å². The number of carbonyl (C=O) groups excluding carboxylic acids is 1. The second kappa shape index (κ2) is 7.55. The SMILES string of the molecule is CN(C[C@@H]1COc2ccccc2O1)C(=O)Cn1nnn(-c2ccccc2)c1=O. The van der Waals surface area contributed by atoms with Crippen LogP contribution in [0.5, 0.6) is 11.5 Å². The fourth-order valence-electron chi connectivity index (χ4n) is 2.91. The Balaban J connectivity index is 1.39. The number of carbonyl (C=O) groups is 1. The van der Waals surface area contributed by atoms with Crippen molar-refractivity contribution in [1.82, 2.24) is 24.7 Å². The van der Waals surface area contributed by atoms with E-state index in [-0.39, 0.29) is 18.6 Å². The first kappa shape index (κ1) is 17.8. The summed E-state index contributed by atoms with van der Waals surface area (Å²) in [6.07, 6.45) is -0.291. The molecule has 2 aromatic carbocycles. The third kappa shape index (κ3) is 3.59. The molecule has 0 saturated carbocycles. The highest BCUT2D eigenvalue weighted by Gasteiger charge is 2.24. The molecule has 144 valence electrons. The summed E-state index contributed by atoms with van der Waals surface area (Å²) in [5, 5.41) is 7.65. The van der Waals surface area contributed by atoms with Crippen molar-refractivity contribution in [3.05, 3.63) is 65.1 Å². The zero-order valence-electron chi connectivity index (χ0n) is 15.3. The van der Waals surface area contributed by atoms with Gasteiger partial charge in [0.05, 0.1) is 12.2 Å². The third-order valence-corrected chi connectivity index (χ3v) is 4.40. The monoisotopic (exact) mass is 381 g/mol. The van der Waals surface area contributed by atoms with Gasteiger partial charge in [0.1, 0.15) is 13.2 Å². The summed E-state index contributed by atoms with van der Waals surface area (Å²) in [6, 6.07) is 16.3. The number of benzene rings is 2. The van der Waals surface area contributed by atoms with Crippen LogP contribution in [0.15, 0.2) is 59.4 Å². The topological polar surface area (TPSA) is 91.5 Å². The van der Waals surface area contributed by atoms with Gasteiger partial charge in [-0.25, -0.2) is 4.79 Å². The van der Waals surface area contributed by atoms with E-state index in [2.05, 4.69) is 10.4 Å². The predicted molar refractivity (Wildman–Crippen MR) is 99.6 cm³/mol. The number of amides is 1. The molecule has 1 amide bonds. The maximum Gasteiger partial charge on any atom is 0.368 e. The van der Waals surface area contributed by atoms with Gasteiger partial charge in [0.25, 0.3) is 0 Å². The Labute approximate surface area is 160 Å². The summed E-state index contributed by atoms with van der Waals surface area (Å²) in [5.41, 5.74) is 0.116. The van der Waals surface area contributed by atoms with Gasteiger partial charge in [-0.2, -0.15) is 9.36 Å². The Morgan fingerprint density at radius 2 is 1.82 bits per heavy atom. The molecule has 0 saturated heterocycles. The minimum Gasteiger partial charge on any atom is -0.486 e. The molecule has 9 nitrogen and oxygen atoms in total. The summed E-state index contributed by atoms with van der Waals surface area (Å²) >= 11 is 0. The Bertz CT molecular complexity index is 1030. The maximum atomic E-state index is 12.5. The first-order valence-corrected chi connectivity index (χ1v) is 8.82. The van der Waals surface area contributed by atoms with E-state index in [0.29, 0.717) is 30.3 Å². The molecule has 1 aliphatic heterocycles. The summed E-state index contributed by atoms with van der Waals surface area (Å²) in [4.78, 5) is 26.5. The van der Waals surface area contributed by atoms with Gasteiger partial charge in [-0.3, -0.25) is 4.79 Å². The van der Waals surface area contributed by atoms with Crippen LogP contribution in [-0.2, 0) is 11.3 Å². The lowest BCUT2D eigenvalue weighted by molar-refractivity contribution is -0.132. The number of hydrogen-bond donors (Lipinski definition) is 0. The highest BCUT2D eigenvalue weighted by atomic mass is 16.6. The van der Waals surface area contributed by atoms with E-state index >= 15 is 0 Å². The quantitative estimate of drug-likeness (QED) is 0.647. The summed E-state index contributed by atoms with van der Waals surface area (Å²) in [6.45, 7) is 0.472. The molecule has 0 radical (unpaired) electrons. The summed E-state index contributed by atoms with van der Waals surface area (Å²) < 4.78 is 13.7. The number of aromatic nitrogens is 4. The van der Waals surface area contributed by atoms with Crippen LogP contribution in [0.2, 0.25) is 0 Å². The molecule has 9 heteroatoms. The largest absolute Gasteiger partial charge is 0.486 e. The lowest BCUT2D eigenvalue weighted by Gasteiger charge is -2.29. The number of tetrazole rings is 1. The molecule has 1 aromatic heterocycles. The van der Waals surface area contributed by atoms with Gasteiger partial charge in [-0.15, -0.1) is 0 Å². The van der Waals surface area contributed by atoms with Gasteiger partial charge in [0.15, 0.2) is 17.6 Å². The van der Waals surface area contributed by atoms with Crippen LogP contribution >= 0.6 is 0 Å². The lowest BCUT2D eigenvalue weighted by Crippen LogP contribution is -2.43. The Kier molecular flexibility index (Phi) is 4.79. The van der Waals surface area contributed by atoms with Crippen LogP contribution < -0.4 is 15.2 Å². The van der Waals surface area contributed by atoms with Crippen molar-refractivity contribution >= 4 is 5.91 Å². The van der Waals surface area contributed by atoms with Gasteiger partial charge < -0.3 is 14.4 Å². The second-order valence-electron chi connectivity index (χ2n) is 6.44. The number of para-hydroxylation sites is 3. The fraction of sp³-hybridized carbons (Fsp3) is 0.263. The molecule has 0 bridgehead atoms. The molecular weight excluding hydrogens is 362 g/mol. The van der Waals surface area contributed by atoms with E-state index in [4.69, 9.17) is 9.47 Å². The van der Waals surface area contributed by atoms with Crippen LogP contribution in [0, 0.1) is 0 Å². The molecule has 0 spiro atoms. The number of ether oxygens (including phenoxy) is 2. The Morgan fingerprint density at radius 3 is 2.61 bits per heavy atom. The summed E-state index contributed by atoms with van der Waals surface area (Å²) in [5.74, 6) is 1.07. The predicted octanol–water partition coefficient (Wildman–Crippen LogP) is 0.727. The van der Waals surface area contributed by atoms with Crippen molar-refractivity contribution in [3.63, 3.8) is 0 Å². The van der Waals surface area contributed by atoms with Crippen molar-refractivity contribution in [2.75, 3.05) is 20.2 Å². The van der Waals surface area contributed by atoms with Crippen molar-refractivity contribution in [2.24, 2.45) is 0 Å². The van der Waals surface area contributed by atoms with Crippen LogP contribution in [0.4, 0.5) is 0 Å². The van der Waals surface area contributed by atoms with Gasteiger partial charge >= 0.3 is 5.69 Å². The average Bonchev–Trinajstić information content (AvgIpc) is 3.08. The van der Waals surface area contributed by atoms with Crippen molar-refractivity contribution in [2.45, 2.75) is 12.6 Å². The highest BCUT2D eigenvalue weighted by Crippen LogP contribution is 2.30. The Morgan fingerprint density at radius 1 is 1.11 bits per heavy atom. The molecule has 1 atom stereocenters. The lowest BCUT2D eigenvalue weighted by atomic mass is 10.2. The number of fused-ring (bicyclic) bond motifs is 1. The third-order valence-electron chi connectivity index (χ3n) is 4.40. The minimum atomic E-state index is -0.473. The first-order valence-electron chi connectivity index (χ1n) is 8.82. The van der Waals surface area contributed by atoms with E-state index in [1.54, 1.807) is 31.3 Å².